The number of ether oxygens (including phenoxy) is 4. The Morgan fingerprint density at radius 3 is 2.34 bits per heavy atom. The Kier molecular flexibility index (Phi) is 8.97. The van der Waals surface area contributed by atoms with Crippen LogP contribution in [0, 0.1) is 5.41 Å². The molecule has 4 rings (SSSR count). The van der Waals surface area contributed by atoms with Crippen molar-refractivity contribution in [2.24, 2.45) is 5.41 Å². The van der Waals surface area contributed by atoms with Crippen molar-refractivity contribution in [2.45, 2.75) is 108 Å². The molecule has 0 saturated carbocycles. The van der Waals surface area contributed by atoms with Crippen LogP contribution in [-0.4, -0.2) is 71.5 Å². The number of fused-ring (bicyclic) bond motifs is 6. The molecule has 0 spiro atoms. The van der Waals surface area contributed by atoms with Gasteiger partial charge in [0, 0.05) is 24.8 Å². The quantitative estimate of drug-likeness (QED) is 0.388. The minimum atomic E-state index is -1.31. The van der Waals surface area contributed by atoms with E-state index in [1.807, 2.05) is 6.08 Å². The molecule has 6 bridgehead atoms. The topological polar surface area (TPSA) is 112 Å². The summed E-state index contributed by atoms with van der Waals surface area (Å²) in [6.45, 7) is 11.8. The molecule has 38 heavy (non-hydrogen) atoms. The van der Waals surface area contributed by atoms with E-state index < -0.39 is 30.3 Å². The summed E-state index contributed by atoms with van der Waals surface area (Å²) in [5.41, 5.74) is 1.08. The highest BCUT2D eigenvalue weighted by Gasteiger charge is 2.45. The third kappa shape index (κ3) is 7.65. The number of carbonyl (C=O) groups is 2. The zero-order valence-corrected chi connectivity index (χ0v) is 22.7. The fraction of sp³-hybridized carbons (Fsp3) is 0.667. The molecule has 4 aliphatic heterocycles. The second-order valence-corrected chi connectivity index (χ2v) is 12.2. The molecular weight excluding hydrogens is 488 g/mol. The lowest BCUT2D eigenvalue weighted by atomic mass is 9.86. The van der Waals surface area contributed by atoms with Gasteiger partial charge in [0.2, 0.25) is 0 Å². The van der Waals surface area contributed by atoms with Crippen molar-refractivity contribution >= 4 is 11.9 Å². The maximum Gasteiger partial charge on any atom is 0.334 e. The minimum absolute atomic E-state index is 0.0263. The number of rotatable bonds is 1. The predicted octanol–water partition coefficient (Wildman–Crippen LogP) is 3.86. The first-order chi connectivity index (χ1) is 17.9. The molecule has 2 N–H and O–H groups in total. The molecule has 0 aromatic rings. The van der Waals surface area contributed by atoms with E-state index in [1.54, 1.807) is 0 Å². The smallest absolute Gasteiger partial charge is 0.334 e. The zero-order chi connectivity index (χ0) is 27.5. The lowest BCUT2D eigenvalue weighted by Crippen LogP contribution is -2.40. The molecule has 0 amide bonds. The second-order valence-electron chi connectivity index (χ2n) is 12.2. The molecule has 0 unspecified atom stereocenters. The van der Waals surface area contributed by atoms with Crippen molar-refractivity contribution in [3.8, 4) is 0 Å². The molecule has 4 heterocycles. The van der Waals surface area contributed by atoms with E-state index in [-0.39, 0.29) is 55.7 Å². The molecule has 0 aliphatic carbocycles. The van der Waals surface area contributed by atoms with E-state index in [0.29, 0.717) is 24.8 Å². The number of cyclic esters (lactones) is 1. The van der Waals surface area contributed by atoms with Gasteiger partial charge >= 0.3 is 11.9 Å². The van der Waals surface area contributed by atoms with Crippen LogP contribution in [0.2, 0.25) is 0 Å². The van der Waals surface area contributed by atoms with Gasteiger partial charge in [-0.1, -0.05) is 56.4 Å². The molecule has 0 aromatic carbocycles. The number of esters is 2. The summed E-state index contributed by atoms with van der Waals surface area (Å²) in [6, 6.07) is 0. The summed E-state index contributed by atoms with van der Waals surface area (Å²) in [6.07, 6.45) is 9.03. The molecule has 6 atom stereocenters. The third-order valence-corrected chi connectivity index (χ3v) is 7.76. The van der Waals surface area contributed by atoms with Crippen LogP contribution in [0.5, 0.6) is 0 Å². The number of aliphatic hydroxyl groups excluding tert-OH is 2. The molecule has 4 aliphatic rings. The van der Waals surface area contributed by atoms with E-state index in [4.69, 9.17) is 18.9 Å². The first kappa shape index (κ1) is 28.7. The molecule has 210 valence electrons. The van der Waals surface area contributed by atoms with Crippen LogP contribution in [0.3, 0.4) is 0 Å². The van der Waals surface area contributed by atoms with Crippen LogP contribution in [0.15, 0.2) is 48.1 Å². The average Bonchev–Trinajstić information content (AvgIpc) is 3.15. The van der Waals surface area contributed by atoms with Crippen molar-refractivity contribution in [2.75, 3.05) is 13.2 Å². The van der Waals surface area contributed by atoms with Crippen LogP contribution in [0.4, 0.5) is 0 Å². The first-order valence-corrected chi connectivity index (χ1v) is 13.6. The Hall–Kier alpha value is -2.26. The van der Waals surface area contributed by atoms with Gasteiger partial charge in [0.15, 0.2) is 5.60 Å². The van der Waals surface area contributed by atoms with Gasteiger partial charge in [0.1, 0.15) is 6.61 Å². The molecule has 8 nitrogen and oxygen atoms in total. The van der Waals surface area contributed by atoms with Crippen LogP contribution in [-0.2, 0) is 28.5 Å². The van der Waals surface area contributed by atoms with Crippen molar-refractivity contribution < 1.29 is 38.7 Å². The number of carbonyl (C=O) groups excluding carboxylic acids is 2. The average molecular weight is 531 g/mol. The Morgan fingerprint density at radius 2 is 1.63 bits per heavy atom. The highest BCUT2D eigenvalue weighted by molar-refractivity contribution is 5.91. The van der Waals surface area contributed by atoms with Crippen molar-refractivity contribution in [1.82, 2.24) is 0 Å². The van der Waals surface area contributed by atoms with E-state index in [2.05, 4.69) is 39.2 Å². The fourth-order valence-electron chi connectivity index (χ4n) is 5.71. The summed E-state index contributed by atoms with van der Waals surface area (Å²) in [4.78, 5) is 25.1. The predicted molar refractivity (Wildman–Crippen MR) is 141 cm³/mol. The summed E-state index contributed by atoms with van der Waals surface area (Å²) in [5.74, 6) is -1.14. The SMILES string of the molecule is C=C1C[C@@H]2C[C@@H]3CC(=C)C[C@H](/C=C/C(C)(C)C/C=C4/C[C@@](CO)(COC(=O)C[C@H](O)C[C@H](C1)O2)OC4=O)O3. The van der Waals surface area contributed by atoms with E-state index in [0.717, 1.165) is 30.4 Å². The van der Waals surface area contributed by atoms with Gasteiger partial charge in [-0.2, -0.15) is 0 Å². The van der Waals surface area contributed by atoms with Gasteiger partial charge in [0.25, 0.3) is 0 Å². The van der Waals surface area contributed by atoms with Crippen LogP contribution >= 0.6 is 0 Å². The van der Waals surface area contributed by atoms with Crippen LogP contribution < -0.4 is 0 Å². The van der Waals surface area contributed by atoms with Crippen LogP contribution in [0.1, 0.15) is 71.6 Å². The summed E-state index contributed by atoms with van der Waals surface area (Å²) in [5, 5.41) is 20.6. The van der Waals surface area contributed by atoms with Gasteiger partial charge in [0.05, 0.1) is 43.5 Å². The standard InChI is InChI=1S/C30H42O8/c1-19-9-23-6-8-29(3,4)7-5-21-16-30(17-31,38-28(21)34)18-35-27(33)14-22(32)13-24-10-20(2)12-26(37-24)15-25(11-19)36-23/h5-6,8,22-26,31-32H,1-2,7,9-18H2,3-4H3/b8-6+,21-5-/t22-,23+,24+,25+,26-,30-/m1/s1. The minimum Gasteiger partial charge on any atom is -0.461 e. The number of hydrogen-bond donors (Lipinski definition) is 2. The molecular formula is C30H42O8. The zero-order valence-electron chi connectivity index (χ0n) is 22.7. The van der Waals surface area contributed by atoms with Crippen molar-refractivity contribution in [3.05, 3.63) is 48.1 Å². The molecule has 8 heteroatoms. The Balaban J connectivity index is 1.55. The van der Waals surface area contributed by atoms with Gasteiger partial charge in [-0.15, -0.1) is 0 Å². The van der Waals surface area contributed by atoms with Gasteiger partial charge in [-0.05, 0) is 37.5 Å². The Morgan fingerprint density at radius 1 is 0.974 bits per heavy atom. The highest BCUT2D eigenvalue weighted by Crippen LogP contribution is 2.36. The largest absolute Gasteiger partial charge is 0.461 e. The molecule has 0 radical (unpaired) electrons. The lowest BCUT2D eigenvalue weighted by Gasteiger charge is -2.37. The maximum absolute atomic E-state index is 12.6. The Bertz CT molecular complexity index is 994. The highest BCUT2D eigenvalue weighted by atomic mass is 16.6. The normalized spacial score (nSPS) is 39.3. The summed E-state index contributed by atoms with van der Waals surface area (Å²) < 4.78 is 23.6. The fourth-order valence-corrected chi connectivity index (χ4v) is 5.71. The third-order valence-electron chi connectivity index (χ3n) is 7.76. The number of allylic oxidation sites excluding steroid dienone is 2. The van der Waals surface area contributed by atoms with E-state index >= 15 is 0 Å². The molecule has 3 saturated heterocycles. The number of hydrogen-bond acceptors (Lipinski definition) is 8. The number of aliphatic hydroxyl groups is 2. The van der Waals surface area contributed by atoms with Gasteiger partial charge in [-0.3, -0.25) is 4.79 Å². The van der Waals surface area contributed by atoms with Gasteiger partial charge < -0.3 is 29.2 Å². The monoisotopic (exact) mass is 530 g/mol. The lowest BCUT2D eigenvalue weighted by molar-refractivity contribution is -0.167. The van der Waals surface area contributed by atoms with Gasteiger partial charge in [-0.25, -0.2) is 4.79 Å². The summed E-state index contributed by atoms with van der Waals surface area (Å²) in [7, 11) is 0. The summed E-state index contributed by atoms with van der Waals surface area (Å²) >= 11 is 0. The van der Waals surface area contributed by atoms with E-state index in [1.165, 1.54) is 0 Å². The van der Waals surface area contributed by atoms with Crippen molar-refractivity contribution in [1.29, 1.82) is 0 Å². The van der Waals surface area contributed by atoms with E-state index in [9.17, 15) is 19.8 Å². The maximum atomic E-state index is 12.6. The van der Waals surface area contributed by atoms with Crippen LogP contribution in [0.25, 0.3) is 0 Å². The molecule has 0 aromatic heterocycles. The Labute approximate surface area is 225 Å². The molecule has 3 fully saturated rings. The second kappa shape index (κ2) is 11.9. The van der Waals surface area contributed by atoms with Crippen molar-refractivity contribution in [3.63, 3.8) is 0 Å². The first-order valence-electron chi connectivity index (χ1n) is 13.6.